The molecule has 31 heavy (non-hydrogen) atoms. The summed E-state index contributed by atoms with van der Waals surface area (Å²) < 4.78 is 39.2. The third kappa shape index (κ3) is 6.21. The Morgan fingerprint density at radius 3 is 2.23 bits per heavy atom. The van der Waals surface area contributed by atoms with Crippen molar-refractivity contribution in [1.29, 1.82) is 0 Å². The number of hydrogen-bond donors (Lipinski definition) is 2. The molecule has 1 fully saturated rings. The highest BCUT2D eigenvalue weighted by atomic mass is 19.4. The zero-order valence-corrected chi connectivity index (χ0v) is 17.2. The van der Waals surface area contributed by atoms with Crippen molar-refractivity contribution in [3.05, 3.63) is 65.7 Å². The molecule has 3 amide bonds. The van der Waals surface area contributed by atoms with Crippen LogP contribution in [-0.4, -0.2) is 54.5 Å². The Bertz CT molecular complexity index is 897. The number of nitrogens with zero attached hydrogens (tertiary/aromatic N) is 2. The average molecular weight is 434 g/mol. The van der Waals surface area contributed by atoms with E-state index in [0.717, 1.165) is 11.6 Å². The van der Waals surface area contributed by atoms with E-state index in [4.69, 9.17) is 0 Å². The van der Waals surface area contributed by atoms with Crippen molar-refractivity contribution in [1.82, 2.24) is 15.1 Å². The van der Waals surface area contributed by atoms with Gasteiger partial charge in [-0.25, -0.2) is 4.79 Å². The van der Waals surface area contributed by atoms with E-state index in [0.29, 0.717) is 26.2 Å². The molecule has 0 aromatic heterocycles. The van der Waals surface area contributed by atoms with Gasteiger partial charge in [0.25, 0.3) is 0 Å². The molecule has 9 heteroatoms. The molecule has 0 saturated carbocycles. The fraction of sp³-hybridized carbons (Fsp3) is 0.364. The van der Waals surface area contributed by atoms with Gasteiger partial charge in [0, 0.05) is 26.2 Å². The number of benzene rings is 2. The summed E-state index contributed by atoms with van der Waals surface area (Å²) in [6.07, 6.45) is -4.54. The van der Waals surface area contributed by atoms with E-state index >= 15 is 0 Å². The quantitative estimate of drug-likeness (QED) is 0.754. The molecule has 1 atom stereocenters. The molecule has 2 aromatic rings. The molecular formula is C22H25F3N4O2. The maximum Gasteiger partial charge on any atom is 0.418 e. The van der Waals surface area contributed by atoms with Crippen molar-refractivity contribution in [3.63, 3.8) is 0 Å². The second-order valence-electron chi connectivity index (χ2n) is 7.44. The van der Waals surface area contributed by atoms with Crippen molar-refractivity contribution in [2.75, 3.05) is 38.0 Å². The third-order valence-corrected chi connectivity index (χ3v) is 5.17. The van der Waals surface area contributed by atoms with E-state index in [1.807, 2.05) is 42.2 Å². The molecule has 2 N–H and O–H groups in total. The van der Waals surface area contributed by atoms with Gasteiger partial charge < -0.3 is 15.5 Å². The molecule has 2 aromatic carbocycles. The van der Waals surface area contributed by atoms with Crippen LogP contribution in [0.4, 0.5) is 23.7 Å². The highest BCUT2D eigenvalue weighted by Gasteiger charge is 2.33. The number of anilines is 1. The van der Waals surface area contributed by atoms with E-state index in [-0.39, 0.29) is 24.3 Å². The predicted octanol–water partition coefficient (Wildman–Crippen LogP) is 3.73. The fourth-order valence-corrected chi connectivity index (χ4v) is 3.44. The van der Waals surface area contributed by atoms with Gasteiger partial charge in [0.05, 0.1) is 23.8 Å². The summed E-state index contributed by atoms with van der Waals surface area (Å²) in [6, 6.07) is 14.2. The number of carbonyl (C=O) groups excluding carboxylic acids is 2. The number of piperazine rings is 1. The Hall–Kier alpha value is -3.07. The lowest BCUT2D eigenvalue weighted by Gasteiger charge is -2.35. The Morgan fingerprint density at radius 1 is 0.968 bits per heavy atom. The lowest BCUT2D eigenvalue weighted by atomic mass is 10.1. The smallest absolute Gasteiger partial charge is 0.331 e. The summed E-state index contributed by atoms with van der Waals surface area (Å²) in [5, 5.41) is 5.31. The molecule has 0 bridgehead atoms. The van der Waals surface area contributed by atoms with Crippen LogP contribution in [0.15, 0.2) is 54.6 Å². The van der Waals surface area contributed by atoms with Crippen LogP contribution in [0.1, 0.15) is 24.1 Å². The van der Waals surface area contributed by atoms with E-state index in [1.54, 1.807) is 4.90 Å². The molecule has 0 radical (unpaired) electrons. The van der Waals surface area contributed by atoms with Crippen molar-refractivity contribution < 1.29 is 22.8 Å². The molecule has 3 rings (SSSR count). The number of rotatable bonds is 5. The number of alkyl halides is 3. The molecule has 1 saturated heterocycles. The molecular weight excluding hydrogens is 409 g/mol. The summed E-state index contributed by atoms with van der Waals surface area (Å²) in [4.78, 5) is 28.2. The highest BCUT2D eigenvalue weighted by Crippen LogP contribution is 2.34. The fourth-order valence-electron chi connectivity index (χ4n) is 3.44. The van der Waals surface area contributed by atoms with Gasteiger partial charge in [0.2, 0.25) is 5.91 Å². The van der Waals surface area contributed by atoms with Crippen molar-refractivity contribution in [3.8, 4) is 0 Å². The summed E-state index contributed by atoms with van der Waals surface area (Å²) in [5.41, 5.74) is -0.129. The van der Waals surface area contributed by atoms with E-state index in [1.165, 1.54) is 18.2 Å². The summed E-state index contributed by atoms with van der Waals surface area (Å²) >= 11 is 0. The van der Waals surface area contributed by atoms with Crippen LogP contribution in [0.3, 0.4) is 0 Å². The lowest BCUT2D eigenvalue weighted by molar-refractivity contribution is -0.137. The van der Waals surface area contributed by atoms with Crippen LogP contribution >= 0.6 is 0 Å². The topological polar surface area (TPSA) is 64.7 Å². The van der Waals surface area contributed by atoms with Crippen LogP contribution in [0.5, 0.6) is 0 Å². The van der Waals surface area contributed by atoms with E-state index in [9.17, 15) is 22.8 Å². The van der Waals surface area contributed by atoms with Crippen LogP contribution in [0.2, 0.25) is 0 Å². The molecule has 1 aliphatic heterocycles. The summed E-state index contributed by atoms with van der Waals surface area (Å²) in [7, 11) is 0. The molecule has 1 heterocycles. The first kappa shape index (κ1) is 22.6. The first-order chi connectivity index (χ1) is 14.7. The number of amides is 3. The van der Waals surface area contributed by atoms with E-state index in [2.05, 4.69) is 10.6 Å². The summed E-state index contributed by atoms with van der Waals surface area (Å²) in [5.74, 6) is -0.521. The molecule has 0 unspecified atom stereocenters. The standard InChI is InChI=1S/C22H25F3N4O2/c1-16(17-7-3-2-4-8-17)26-21(31)29-13-11-28(12-14-29)15-20(30)27-19-10-6-5-9-18(19)22(23,24)25/h2-10,16H,11-15H2,1H3,(H,26,31)(H,27,30)/t16-/m0/s1. The lowest BCUT2D eigenvalue weighted by Crippen LogP contribution is -2.53. The van der Waals surface area contributed by atoms with Gasteiger partial charge in [-0.05, 0) is 24.6 Å². The van der Waals surface area contributed by atoms with E-state index < -0.39 is 17.6 Å². The van der Waals surface area contributed by atoms with Crippen molar-refractivity contribution in [2.45, 2.75) is 19.1 Å². The number of halogens is 3. The van der Waals surface area contributed by atoms with Gasteiger partial charge in [-0.2, -0.15) is 13.2 Å². The highest BCUT2D eigenvalue weighted by molar-refractivity contribution is 5.93. The molecule has 1 aliphatic rings. The number of carbonyl (C=O) groups is 2. The van der Waals surface area contributed by atoms with Crippen LogP contribution in [0.25, 0.3) is 0 Å². The number of urea groups is 1. The van der Waals surface area contributed by atoms with Crippen LogP contribution in [-0.2, 0) is 11.0 Å². The zero-order valence-electron chi connectivity index (χ0n) is 17.2. The van der Waals surface area contributed by atoms with Gasteiger partial charge in [0.1, 0.15) is 0 Å². The Kier molecular flexibility index (Phi) is 7.17. The molecule has 166 valence electrons. The largest absolute Gasteiger partial charge is 0.418 e. The maximum atomic E-state index is 13.1. The van der Waals surface area contributed by atoms with Gasteiger partial charge in [-0.1, -0.05) is 42.5 Å². The van der Waals surface area contributed by atoms with Gasteiger partial charge in [-0.15, -0.1) is 0 Å². The monoisotopic (exact) mass is 434 g/mol. The minimum Gasteiger partial charge on any atom is -0.331 e. The Balaban J connectivity index is 1.47. The molecule has 6 nitrogen and oxygen atoms in total. The SMILES string of the molecule is C[C@H](NC(=O)N1CCN(CC(=O)Nc2ccccc2C(F)(F)F)CC1)c1ccccc1. The zero-order chi connectivity index (χ0) is 22.4. The Morgan fingerprint density at radius 2 is 1.58 bits per heavy atom. The van der Waals surface area contributed by atoms with Crippen LogP contribution in [0, 0.1) is 0 Å². The minimum atomic E-state index is -4.54. The Labute approximate surface area is 179 Å². The normalized spacial score (nSPS) is 15.9. The third-order valence-electron chi connectivity index (χ3n) is 5.17. The first-order valence-electron chi connectivity index (χ1n) is 10.0. The molecule has 0 spiro atoms. The van der Waals surface area contributed by atoms with Gasteiger partial charge >= 0.3 is 12.2 Å². The number of hydrogen-bond acceptors (Lipinski definition) is 3. The first-order valence-corrected chi connectivity index (χ1v) is 10.0. The molecule has 0 aliphatic carbocycles. The minimum absolute atomic E-state index is 0.0396. The second kappa shape index (κ2) is 9.82. The van der Waals surface area contributed by atoms with Gasteiger partial charge in [0.15, 0.2) is 0 Å². The van der Waals surface area contributed by atoms with Crippen molar-refractivity contribution >= 4 is 17.6 Å². The van der Waals surface area contributed by atoms with Gasteiger partial charge in [-0.3, -0.25) is 9.69 Å². The number of nitrogens with one attached hydrogen (secondary N) is 2. The average Bonchev–Trinajstić information content (AvgIpc) is 2.74. The second-order valence-corrected chi connectivity index (χ2v) is 7.44. The summed E-state index contributed by atoms with van der Waals surface area (Å²) in [6.45, 7) is 3.65. The maximum absolute atomic E-state index is 13.1. The number of para-hydroxylation sites is 1. The predicted molar refractivity (Wildman–Crippen MR) is 111 cm³/mol. The van der Waals surface area contributed by atoms with Crippen molar-refractivity contribution in [2.24, 2.45) is 0 Å². The van der Waals surface area contributed by atoms with Crippen LogP contribution < -0.4 is 10.6 Å².